The summed E-state index contributed by atoms with van der Waals surface area (Å²) in [6, 6.07) is 24.3. The molecule has 9 heteroatoms. The fraction of sp³-hybridized carbons (Fsp3) is 0.290. The van der Waals surface area contributed by atoms with E-state index in [1.165, 1.54) is 5.56 Å². The number of nitrogens with zero attached hydrogens (tertiary/aromatic N) is 5. The minimum Gasteiger partial charge on any atom is -0.493 e. The van der Waals surface area contributed by atoms with Crippen molar-refractivity contribution in [2.24, 2.45) is 0 Å². The molecule has 2 aromatic heterocycles. The topological polar surface area (TPSA) is 98.2 Å². The van der Waals surface area contributed by atoms with Crippen molar-refractivity contribution in [1.82, 2.24) is 30.1 Å². The first kappa shape index (κ1) is 27.1. The summed E-state index contributed by atoms with van der Waals surface area (Å²) in [5, 5.41) is 13.5. The zero-order valence-electron chi connectivity index (χ0n) is 23.1. The van der Waals surface area contributed by atoms with E-state index in [1.54, 1.807) is 14.2 Å². The Kier molecular flexibility index (Phi) is 8.51. The number of hydrogen-bond acceptors (Lipinski definition) is 7. The first-order chi connectivity index (χ1) is 19.5. The Balaban J connectivity index is 1.38. The number of methoxy groups -OCH3 is 2. The van der Waals surface area contributed by atoms with Gasteiger partial charge in [0.15, 0.2) is 17.3 Å². The summed E-state index contributed by atoms with van der Waals surface area (Å²) in [4.78, 5) is 18.3. The summed E-state index contributed by atoms with van der Waals surface area (Å²) < 4.78 is 12.7. The second-order valence-corrected chi connectivity index (χ2v) is 9.92. The molecule has 0 spiro atoms. The van der Waals surface area contributed by atoms with Gasteiger partial charge in [-0.05, 0) is 76.5 Å². The zero-order chi connectivity index (χ0) is 27.9. The Labute approximate surface area is 233 Å². The third-order valence-corrected chi connectivity index (χ3v) is 7.06. The van der Waals surface area contributed by atoms with E-state index in [9.17, 15) is 4.79 Å². The number of ether oxygens (including phenoxy) is 2. The summed E-state index contributed by atoms with van der Waals surface area (Å²) in [6.07, 6.45) is 1.57. The number of pyridine rings is 1. The number of fused-ring (bicyclic) bond motifs is 1. The SMILES string of the molecule is COc1ccc(CCN(Cc2cc3ccc(C)cc3[nH]c2=O)Cc2nnnn2CCc2ccccc2)cc1OC. The van der Waals surface area contributed by atoms with Crippen molar-refractivity contribution in [2.45, 2.75) is 39.4 Å². The predicted octanol–water partition coefficient (Wildman–Crippen LogP) is 4.33. The minimum absolute atomic E-state index is 0.0853. The molecule has 0 radical (unpaired) electrons. The molecule has 3 aromatic carbocycles. The molecule has 0 aliphatic heterocycles. The lowest BCUT2D eigenvalue weighted by Crippen LogP contribution is -2.30. The van der Waals surface area contributed by atoms with E-state index in [2.05, 4.69) is 43.6 Å². The Morgan fingerprint density at radius 2 is 1.70 bits per heavy atom. The van der Waals surface area contributed by atoms with Crippen molar-refractivity contribution in [3.05, 3.63) is 111 Å². The van der Waals surface area contributed by atoms with E-state index in [0.29, 0.717) is 43.2 Å². The molecule has 1 N–H and O–H groups in total. The van der Waals surface area contributed by atoms with Crippen LogP contribution in [-0.4, -0.2) is 50.9 Å². The van der Waals surface area contributed by atoms with Crippen LogP contribution < -0.4 is 15.0 Å². The van der Waals surface area contributed by atoms with Crippen LogP contribution in [0.1, 0.15) is 28.1 Å². The number of aromatic amines is 1. The number of benzene rings is 3. The highest BCUT2D eigenvalue weighted by molar-refractivity contribution is 5.79. The highest BCUT2D eigenvalue weighted by Gasteiger charge is 2.16. The lowest BCUT2D eigenvalue weighted by molar-refractivity contribution is 0.247. The molecule has 0 fully saturated rings. The van der Waals surface area contributed by atoms with Gasteiger partial charge in [0.25, 0.3) is 5.56 Å². The summed E-state index contributed by atoms with van der Waals surface area (Å²) in [5.41, 5.74) is 4.90. The highest BCUT2D eigenvalue weighted by Crippen LogP contribution is 2.28. The van der Waals surface area contributed by atoms with Gasteiger partial charge in [0, 0.05) is 30.7 Å². The maximum absolute atomic E-state index is 13.1. The van der Waals surface area contributed by atoms with E-state index < -0.39 is 0 Å². The number of hydrogen-bond donors (Lipinski definition) is 1. The Hall–Kier alpha value is -4.50. The first-order valence-corrected chi connectivity index (χ1v) is 13.4. The molecule has 2 heterocycles. The van der Waals surface area contributed by atoms with Crippen LogP contribution in [0.5, 0.6) is 11.5 Å². The van der Waals surface area contributed by atoms with Crippen molar-refractivity contribution in [2.75, 3.05) is 20.8 Å². The van der Waals surface area contributed by atoms with E-state index >= 15 is 0 Å². The number of nitrogens with one attached hydrogen (secondary N) is 1. The molecular formula is C31H34N6O3. The quantitative estimate of drug-likeness (QED) is 0.253. The van der Waals surface area contributed by atoms with Crippen molar-refractivity contribution in [1.29, 1.82) is 0 Å². The molecule has 0 amide bonds. The molecular weight excluding hydrogens is 504 g/mol. The summed E-state index contributed by atoms with van der Waals surface area (Å²) >= 11 is 0. The second kappa shape index (κ2) is 12.6. The standard InChI is InChI=1S/C31H34N6O3/c1-22-9-11-25-19-26(31(38)32-27(25)17-22)20-36(15-13-24-10-12-28(39-2)29(18-24)40-3)21-30-33-34-35-37(30)16-14-23-7-5-4-6-8-23/h4-12,17-19H,13-16,20-21H2,1-3H3,(H,32,38). The van der Waals surface area contributed by atoms with Crippen LogP contribution in [0.15, 0.2) is 77.6 Å². The molecule has 0 aliphatic carbocycles. The second-order valence-electron chi connectivity index (χ2n) is 9.92. The number of tetrazole rings is 1. The highest BCUT2D eigenvalue weighted by atomic mass is 16.5. The van der Waals surface area contributed by atoms with Crippen LogP contribution >= 0.6 is 0 Å². The van der Waals surface area contributed by atoms with Crippen LogP contribution in [0.4, 0.5) is 0 Å². The fourth-order valence-corrected chi connectivity index (χ4v) is 4.85. The minimum atomic E-state index is -0.0853. The van der Waals surface area contributed by atoms with Crippen LogP contribution in [0.25, 0.3) is 10.9 Å². The van der Waals surface area contributed by atoms with Crippen LogP contribution in [-0.2, 0) is 32.5 Å². The average Bonchev–Trinajstić information content (AvgIpc) is 3.42. The average molecular weight is 539 g/mol. The van der Waals surface area contributed by atoms with E-state index in [-0.39, 0.29) is 5.56 Å². The van der Waals surface area contributed by atoms with Crippen LogP contribution in [0, 0.1) is 6.92 Å². The summed E-state index contributed by atoms with van der Waals surface area (Å²) in [5.74, 6) is 2.15. The van der Waals surface area contributed by atoms with E-state index in [4.69, 9.17) is 9.47 Å². The molecule has 0 saturated heterocycles. The molecule has 0 bridgehead atoms. The molecule has 9 nitrogen and oxygen atoms in total. The number of H-pyrrole nitrogens is 1. The monoisotopic (exact) mass is 538 g/mol. The lowest BCUT2D eigenvalue weighted by atomic mass is 10.1. The van der Waals surface area contributed by atoms with Crippen molar-refractivity contribution in [3.8, 4) is 11.5 Å². The third-order valence-electron chi connectivity index (χ3n) is 7.06. The van der Waals surface area contributed by atoms with Gasteiger partial charge >= 0.3 is 0 Å². The van der Waals surface area contributed by atoms with Crippen LogP contribution in [0.3, 0.4) is 0 Å². The van der Waals surface area contributed by atoms with Gasteiger partial charge in [-0.2, -0.15) is 0 Å². The van der Waals surface area contributed by atoms with Crippen molar-refractivity contribution in [3.63, 3.8) is 0 Å². The smallest absolute Gasteiger partial charge is 0.252 e. The van der Waals surface area contributed by atoms with Gasteiger partial charge < -0.3 is 14.5 Å². The third kappa shape index (κ3) is 6.55. The molecule has 0 atom stereocenters. The van der Waals surface area contributed by atoms with Gasteiger partial charge in [0.1, 0.15) is 0 Å². The lowest BCUT2D eigenvalue weighted by Gasteiger charge is -2.22. The Morgan fingerprint density at radius 3 is 2.50 bits per heavy atom. The maximum atomic E-state index is 13.1. The Bertz CT molecular complexity index is 1630. The largest absolute Gasteiger partial charge is 0.493 e. The molecule has 40 heavy (non-hydrogen) atoms. The predicted molar refractivity (Wildman–Crippen MR) is 155 cm³/mol. The molecule has 0 aliphatic rings. The van der Waals surface area contributed by atoms with Gasteiger partial charge in [-0.3, -0.25) is 9.69 Å². The van der Waals surface area contributed by atoms with Crippen LogP contribution in [0.2, 0.25) is 0 Å². The normalized spacial score (nSPS) is 11.3. The molecule has 0 unspecified atom stereocenters. The molecule has 206 valence electrons. The van der Waals surface area contributed by atoms with Gasteiger partial charge in [-0.25, -0.2) is 4.68 Å². The van der Waals surface area contributed by atoms with E-state index in [0.717, 1.165) is 40.7 Å². The molecule has 0 saturated carbocycles. The summed E-state index contributed by atoms with van der Waals surface area (Å²) in [6.45, 7) is 4.33. The van der Waals surface area contributed by atoms with E-state index in [1.807, 2.05) is 66.2 Å². The van der Waals surface area contributed by atoms with Gasteiger partial charge in [-0.15, -0.1) is 5.10 Å². The number of rotatable bonds is 12. The summed E-state index contributed by atoms with van der Waals surface area (Å²) in [7, 11) is 3.26. The Morgan fingerprint density at radius 1 is 0.875 bits per heavy atom. The van der Waals surface area contributed by atoms with Gasteiger partial charge in [0.2, 0.25) is 0 Å². The zero-order valence-corrected chi connectivity index (χ0v) is 23.1. The first-order valence-electron chi connectivity index (χ1n) is 13.4. The molecule has 5 rings (SSSR count). The van der Waals surface area contributed by atoms with Crippen molar-refractivity contribution >= 4 is 10.9 Å². The molecule has 5 aromatic rings. The maximum Gasteiger partial charge on any atom is 0.252 e. The van der Waals surface area contributed by atoms with Crippen molar-refractivity contribution < 1.29 is 9.47 Å². The van der Waals surface area contributed by atoms with Gasteiger partial charge in [0.05, 0.1) is 20.8 Å². The fourth-order valence-electron chi connectivity index (χ4n) is 4.85. The number of aromatic nitrogens is 5. The van der Waals surface area contributed by atoms with Gasteiger partial charge in [-0.1, -0.05) is 48.5 Å². The number of aryl methyl sites for hydroxylation is 3.